The number of rotatable bonds is 3. The Morgan fingerprint density at radius 3 is 2.81 bits per heavy atom. The summed E-state index contributed by atoms with van der Waals surface area (Å²) >= 11 is 0. The van der Waals surface area contributed by atoms with Gasteiger partial charge in [-0.1, -0.05) is 12.1 Å². The number of hydrogen-bond donors (Lipinski definition) is 0. The molecule has 0 unspecified atom stereocenters. The Bertz CT molecular complexity index is 1010. The Hall–Kier alpha value is -3.68. The highest BCUT2D eigenvalue weighted by molar-refractivity contribution is 6.13. The van der Waals surface area contributed by atoms with Gasteiger partial charge in [0, 0.05) is 17.2 Å². The minimum absolute atomic E-state index is 0.0446. The molecule has 8 nitrogen and oxygen atoms in total. The van der Waals surface area contributed by atoms with E-state index in [0.29, 0.717) is 28.2 Å². The van der Waals surface area contributed by atoms with Crippen LogP contribution >= 0.6 is 0 Å². The summed E-state index contributed by atoms with van der Waals surface area (Å²) < 4.78 is 15.8. The third kappa shape index (κ3) is 2.67. The first-order valence-electron chi connectivity index (χ1n) is 7.69. The van der Waals surface area contributed by atoms with Gasteiger partial charge in [0.1, 0.15) is 0 Å². The van der Waals surface area contributed by atoms with Crippen molar-refractivity contribution in [3.63, 3.8) is 0 Å². The third-order valence-electron chi connectivity index (χ3n) is 4.05. The number of hydrogen-bond acceptors (Lipinski definition) is 7. The lowest BCUT2D eigenvalue weighted by Gasteiger charge is -2.04. The Morgan fingerprint density at radius 1 is 1.19 bits per heavy atom. The highest BCUT2D eigenvalue weighted by atomic mass is 16.7. The molecule has 2 aliphatic rings. The van der Waals surface area contributed by atoms with Crippen LogP contribution in [0.2, 0.25) is 0 Å². The number of nitrogens with zero attached hydrogens (tertiary/aromatic N) is 2. The van der Waals surface area contributed by atoms with E-state index in [1.807, 2.05) is 0 Å². The molecule has 0 fully saturated rings. The fourth-order valence-electron chi connectivity index (χ4n) is 2.74. The molecule has 0 bridgehead atoms. The van der Waals surface area contributed by atoms with Crippen molar-refractivity contribution in [2.75, 3.05) is 6.79 Å². The van der Waals surface area contributed by atoms with Crippen LogP contribution < -0.4 is 9.47 Å². The summed E-state index contributed by atoms with van der Waals surface area (Å²) in [5, 5.41) is 11.1. The monoisotopic (exact) mass is 352 g/mol. The Balaban J connectivity index is 1.70. The predicted molar refractivity (Wildman–Crippen MR) is 91.0 cm³/mol. The van der Waals surface area contributed by atoms with E-state index in [1.54, 1.807) is 37.3 Å². The van der Waals surface area contributed by atoms with Crippen molar-refractivity contribution in [2.45, 2.75) is 6.92 Å². The van der Waals surface area contributed by atoms with Crippen LogP contribution in [-0.4, -0.2) is 23.6 Å². The van der Waals surface area contributed by atoms with E-state index >= 15 is 0 Å². The first-order valence-corrected chi connectivity index (χ1v) is 7.69. The van der Waals surface area contributed by atoms with E-state index in [0.717, 1.165) is 0 Å². The Morgan fingerprint density at radius 2 is 2.00 bits per heavy atom. The molecule has 0 saturated heterocycles. The lowest BCUT2D eigenvalue weighted by atomic mass is 10.1. The van der Waals surface area contributed by atoms with Gasteiger partial charge in [0.2, 0.25) is 12.7 Å². The number of carbonyl (C=O) groups is 1. The quantitative estimate of drug-likeness (QED) is 0.364. The SMILES string of the molecule is Cc1c(C2=NC(=Cc3ccc4c(c3)OCO4)C(=O)O2)cccc1[N+](=O)[O-]. The molecule has 0 saturated carbocycles. The number of fused-ring (bicyclic) bond motifs is 1. The van der Waals surface area contributed by atoms with Crippen molar-refractivity contribution in [1.82, 2.24) is 0 Å². The lowest BCUT2D eigenvalue weighted by Crippen LogP contribution is -2.08. The maximum Gasteiger partial charge on any atom is 0.363 e. The van der Waals surface area contributed by atoms with Gasteiger partial charge in [0.25, 0.3) is 5.69 Å². The van der Waals surface area contributed by atoms with Crippen LogP contribution in [0.3, 0.4) is 0 Å². The van der Waals surface area contributed by atoms with Crippen LogP contribution in [0, 0.1) is 17.0 Å². The highest BCUT2D eigenvalue weighted by Crippen LogP contribution is 2.33. The van der Waals surface area contributed by atoms with Crippen molar-refractivity contribution in [1.29, 1.82) is 0 Å². The number of esters is 1. The maximum atomic E-state index is 12.1. The van der Waals surface area contributed by atoms with Gasteiger partial charge in [-0.2, -0.15) is 0 Å². The van der Waals surface area contributed by atoms with E-state index in [-0.39, 0.29) is 24.1 Å². The molecule has 0 atom stereocenters. The van der Waals surface area contributed by atoms with E-state index in [1.165, 1.54) is 12.1 Å². The normalized spacial score (nSPS) is 16.6. The number of benzene rings is 2. The topological polar surface area (TPSA) is 100 Å². The number of carbonyl (C=O) groups excluding carboxylic acids is 1. The Labute approximate surface area is 147 Å². The van der Waals surface area contributed by atoms with Crippen molar-refractivity contribution < 1.29 is 23.9 Å². The van der Waals surface area contributed by atoms with Crippen LogP contribution in [0.1, 0.15) is 16.7 Å². The summed E-state index contributed by atoms with van der Waals surface area (Å²) in [5.41, 5.74) is 1.52. The van der Waals surface area contributed by atoms with Gasteiger partial charge in [0.15, 0.2) is 17.2 Å². The minimum Gasteiger partial charge on any atom is -0.454 e. The zero-order chi connectivity index (χ0) is 18.3. The van der Waals surface area contributed by atoms with Gasteiger partial charge < -0.3 is 14.2 Å². The van der Waals surface area contributed by atoms with Crippen LogP contribution in [0.15, 0.2) is 47.1 Å². The number of ether oxygens (including phenoxy) is 3. The van der Waals surface area contributed by atoms with Gasteiger partial charge >= 0.3 is 5.97 Å². The molecule has 2 aromatic carbocycles. The van der Waals surface area contributed by atoms with Crippen molar-refractivity contribution in [3.8, 4) is 11.5 Å². The van der Waals surface area contributed by atoms with Crippen LogP contribution in [0.5, 0.6) is 11.5 Å². The van der Waals surface area contributed by atoms with E-state index < -0.39 is 10.9 Å². The Kier molecular flexibility index (Phi) is 3.65. The molecule has 2 aromatic rings. The van der Waals surface area contributed by atoms with Gasteiger partial charge in [0.05, 0.1) is 4.92 Å². The highest BCUT2D eigenvalue weighted by Gasteiger charge is 2.27. The van der Waals surface area contributed by atoms with Gasteiger partial charge in [-0.15, -0.1) is 0 Å². The molecule has 0 radical (unpaired) electrons. The number of aliphatic imine (C=N–C) groups is 1. The molecule has 2 aliphatic heterocycles. The molecule has 0 spiro atoms. The molecule has 2 heterocycles. The molecule has 130 valence electrons. The average molecular weight is 352 g/mol. The zero-order valence-corrected chi connectivity index (χ0v) is 13.6. The number of nitro benzene ring substituents is 1. The van der Waals surface area contributed by atoms with Crippen LogP contribution in [0.25, 0.3) is 6.08 Å². The summed E-state index contributed by atoms with van der Waals surface area (Å²) in [6.45, 7) is 1.75. The van der Waals surface area contributed by atoms with Gasteiger partial charge in [-0.3, -0.25) is 10.1 Å². The fourth-order valence-corrected chi connectivity index (χ4v) is 2.74. The van der Waals surface area contributed by atoms with Gasteiger partial charge in [-0.25, -0.2) is 9.79 Å². The number of nitro groups is 1. The summed E-state index contributed by atoms with van der Waals surface area (Å²) in [7, 11) is 0. The second kappa shape index (κ2) is 5.99. The second-order valence-electron chi connectivity index (χ2n) is 5.66. The molecule has 0 N–H and O–H groups in total. The van der Waals surface area contributed by atoms with Crippen LogP contribution in [-0.2, 0) is 9.53 Å². The van der Waals surface area contributed by atoms with E-state index in [2.05, 4.69) is 4.99 Å². The predicted octanol–water partition coefficient (Wildman–Crippen LogP) is 2.98. The molecule has 4 rings (SSSR count). The largest absolute Gasteiger partial charge is 0.454 e. The van der Waals surface area contributed by atoms with Crippen molar-refractivity contribution in [3.05, 3.63) is 68.9 Å². The van der Waals surface area contributed by atoms with E-state index in [9.17, 15) is 14.9 Å². The van der Waals surface area contributed by atoms with Crippen molar-refractivity contribution >= 4 is 23.6 Å². The standard InChI is InChI=1S/C18H12N2O6/c1-10-12(3-2-4-14(10)20(22)23)17-19-13(18(21)26-17)7-11-5-6-15-16(8-11)25-9-24-15/h2-8H,9H2,1H3. The summed E-state index contributed by atoms with van der Waals surface area (Å²) in [4.78, 5) is 26.9. The second-order valence-corrected chi connectivity index (χ2v) is 5.66. The summed E-state index contributed by atoms with van der Waals surface area (Å²) in [6.07, 6.45) is 1.56. The molecule has 0 aromatic heterocycles. The zero-order valence-electron chi connectivity index (χ0n) is 13.6. The molecule has 0 amide bonds. The molecular weight excluding hydrogens is 340 g/mol. The molecule has 26 heavy (non-hydrogen) atoms. The number of cyclic esters (lactones) is 1. The van der Waals surface area contributed by atoms with Crippen LogP contribution in [0.4, 0.5) is 5.69 Å². The fraction of sp³-hybridized carbons (Fsp3) is 0.111. The molecular formula is C18H12N2O6. The lowest BCUT2D eigenvalue weighted by molar-refractivity contribution is -0.385. The summed E-state index contributed by atoms with van der Waals surface area (Å²) in [6, 6.07) is 9.77. The van der Waals surface area contributed by atoms with E-state index in [4.69, 9.17) is 14.2 Å². The first kappa shape index (κ1) is 15.8. The summed E-state index contributed by atoms with van der Waals surface area (Å²) in [5.74, 6) is 0.647. The minimum atomic E-state index is -0.622. The maximum absolute atomic E-state index is 12.1. The van der Waals surface area contributed by atoms with Crippen molar-refractivity contribution in [2.24, 2.45) is 4.99 Å². The molecule has 0 aliphatic carbocycles. The smallest absolute Gasteiger partial charge is 0.363 e. The molecule has 8 heteroatoms. The first-order chi connectivity index (χ1) is 12.5. The average Bonchev–Trinajstić information content (AvgIpc) is 3.21. The third-order valence-corrected chi connectivity index (χ3v) is 4.05. The van der Waals surface area contributed by atoms with Gasteiger partial charge in [-0.05, 0) is 36.8 Å².